The average molecular weight is 329 g/mol. The normalized spacial score (nSPS) is 20.6. The quantitative estimate of drug-likeness (QED) is 0.761. The fraction of sp³-hybridized carbons (Fsp3) is 0.462. The molecule has 1 fully saturated rings. The number of aromatic nitrogens is 1. The number of hydrogen-bond donors (Lipinski definition) is 0. The van der Waals surface area contributed by atoms with E-state index in [4.69, 9.17) is 0 Å². The maximum Gasteiger partial charge on any atom is 0.186 e. The lowest BCUT2D eigenvalue weighted by Gasteiger charge is -2.32. The Balaban J connectivity index is 2.05. The number of fused-ring (bicyclic) bond motifs is 1. The summed E-state index contributed by atoms with van der Waals surface area (Å²) in [6.45, 7) is 3.25. The van der Waals surface area contributed by atoms with Gasteiger partial charge in [0.05, 0.1) is 4.70 Å². The summed E-state index contributed by atoms with van der Waals surface area (Å²) in [5, 5.41) is 0.953. The van der Waals surface area contributed by atoms with E-state index in [9.17, 15) is 4.39 Å². The lowest BCUT2D eigenvalue weighted by molar-refractivity contribution is 0.484. The molecule has 1 saturated heterocycles. The van der Waals surface area contributed by atoms with E-state index in [0.717, 1.165) is 20.8 Å². The number of piperidine rings is 1. The molecular formula is C13H14BrFN2S. The number of thiazole rings is 1. The Labute approximate surface area is 118 Å². The Bertz CT molecular complexity index is 584. The van der Waals surface area contributed by atoms with Gasteiger partial charge in [-0.1, -0.05) is 27.3 Å². The van der Waals surface area contributed by atoms with Crippen LogP contribution in [0.4, 0.5) is 9.52 Å². The van der Waals surface area contributed by atoms with Crippen molar-refractivity contribution >= 4 is 42.6 Å². The molecule has 0 unspecified atom stereocenters. The van der Waals surface area contributed by atoms with E-state index in [-0.39, 0.29) is 5.82 Å². The first-order valence-electron chi connectivity index (χ1n) is 6.17. The summed E-state index contributed by atoms with van der Waals surface area (Å²) in [7, 11) is 0. The second kappa shape index (κ2) is 4.78. The standard InChI is InChI=1S/C13H14BrFN2S/c1-8-4-2-3-5-17(8)13-16-12-10(15)6-9(14)7-11(12)18-13/h6-8H,2-5H2,1H3/t8-/m0/s1. The van der Waals surface area contributed by atoms with E-state index in [1.807, 2.05) is 6.07 Å². The minimum atomic E-state index is -0.244. The molecule has 2 aromatic rings. The molecule has 0 amide bonds. The first-order chi connectivity index (χ1) is 8.65. The maximum absolute atomic E-state index is 13.8. The van der Waals surface area contributed by atoms with E-state index in [0.29, 0.717) is 11.6 Å². The summed E-state index contributed by atoms with van der Waals surface area (Å²) in [6.07, 6.45) is 3.68. The van der Waals surface area contributed by atoms with Crippen LogP contribution in [-0.4, -0.2) is 17.6 Å². The van der Waals surface area contributed by atoms with Crippen LogP contribution < -0.4 is 4.90 Å². The predicted molar refractivity (Wildman–Crippen MR) is 77.9 cm³/mol. The van der Waals surface area contributed by atoms with Crippen molar-refractivity contribution < 1.29 is 4.39 Å². The van der Waals surface area contributed by atoms with Gasteiger partial charge in [-0.25, -0.2) is 9.37 Å². The smallest absolute Gasteiger partial charge is 0.186 e. The zero-order valence-corrected chi connectivity index (χ0v) is 12.5. The summed E-state index contributed by atoms with van der Waals surface area (Å²) in [5.41, 5.74) is 0.496. The van der Waals surface area contributed by atoms with Crippen molar-refractivity contribution in [3.63, 3.8) is 0 Å². The third-order valence-electron chi connectivity index (χ3n) is 3.45. The Morgan fingerprint density at radius 3 is 3.06 bits per heavy atom. The average Bonchev–Trinajstić information content (AvgIpc) is 2.73. The number of halogens is 2. The van der Waals surface area contributed by atoms with E-state index >= 15 is 0 Å². The number of benzene rings is 1. The third-order valence-corrected chi connectivity index (χ3v) is 4.95. The van der Waals surface area contributed by atoms with Crippen LogP contribution in [0.3, 0.4) is 0 Å². The van der Waals surface area contributed by atoms with E-state index in [1.54, 1.807) is 11.3 Å². The van der Waals surface area contributed by atoms with Crippen LogP contribution >= 0.6 is 27.3 Å². The second-order valence-electron chi connectivity index (χ2n) is 4.77. The Hall–Kier alpha value is -0.680. The van der Waals surface area contributed by atoms with Gasteiger partial charge in [-0.15, -0.1) is 0 Å². The lowest BCUT2D eigenvalue weighted by Crippen LogP contribution is -2.37. The summed E-state index contributed by atoms with van der Waals surface area (Å²) in [5.74, 6) is -0.244. The van der Waals surface area contributed by atoms with Gasteiger partial charge in [-0.05, 0) is 38.3 Å². The zero-order chi connectivity index (χ0) is 12.7. The van der Waals surface area contributed by atoms with Gasteiger partial charge in [-0.2, -0.15) is 0 Å². The Morgan fingerprint density at radius 1 is 1.44 bits per heavy atom. The molecule has 0 radical (unpaired) electrons. The highest BCUT2D eigenvalue weighted by Gasteiger charge is 2.22. The van der Waals surface area contributed by atoms with Gasteiger partial charge < -0.3 is 4.90 Å². The SMILES string of the molecule is C[C@H]1CCCCN1c1nc2c(F)cc(Br)cc2s1. The molecule has 0 saturated carbocycles. The minimum absolute atomic E-state index is 0.244. The van der Waals surface area contributed by atoms with Crippen molar-refractivity contribution in [1.82, 2.24) is 4.98 Å². The summed E-state index contributed by atoms with van der Waals surface area (Å²) >= 11 is 4.91. The van der Waals surface area contributed by atoms with Crippen LogP contribution in [0.1, 0.15) is 26.2 Å². The van der Waals surface area contributed by atoms with Crippen molar-refractivity contribution in [1.29, 1.82) is 0 Å². The number of nitrogens with zero attached hydrogens (tertiary/aromatic N) is 2. The van der Waals surface area contributed by atoms with Crippen molar-refractivity contribution in [2.24, 2.45) is 0 Å². The first kappa shape index (κ1) is 12.4. The number of rotatable bonds is 1. The third kappa shape index (κ3) is 2.14. The monoisotopic (exact) mass is 328 g/mol. The molecule has 96 valence electrons. The van der Waals surface area contributed by atoms with Crippen LogP contribution in [0.2, 0.25) is 0 Å². The predicted octanol–water partition coefficient (Wildman–Crippen LogP) is 4.58. The van der Waals surface area contributed by atoms with Gasteiger partial charge in [0.2, 0.25) is 0 Å². The molecule has 18 heavy (non-hydrogen) atoms. The number of anilines is 1. The molecule has 2 nitrogen and oxygen atoms in total. The Kier molecular flexibility index (Phi) is 3.28. The largest absolute Gasteiger partial charge is 0.345 e. The molecule has 1 aromatic carbocycles. The van der Waals surface area contributed by atoms with Crippen LogP contribution in [0.25, 0.3) is 10.2 Å². The molecule has 0 spiro atoms. The molecule has 1 aromatic heterocycles. The van der Waals surface area contributed by atoms with Crippen molar-refractivity contribution in [3.05, 3.63) is 22.4 Å². The molecule has 0 aliphatic carbocycles. The van der Waals surface area contributed by atoms with Gasteiger partial charge in [0.15, 0.2) is 10.9 Å². The molecule has 0 bridgehead atoms. The molecule has 0 N–H and O–H groups in total. The molecule has 1 aliphatic rings. The van der Waals surface area contributed by atoms with E-state index < -0.39 is 0 Å². The topological polar surface area (TPSA) is 16.1 Å². The summed E-state index contributed by atoms with van der Waals surface area (Å²) in [6, 6.07) is 3.92. The molecule has 5 heteroatoms. The summed E-state index contributed by atoms with van der Waals surface area (Å²) in [4.78, 5) is 6.78. The molecule has 3 rings (SSSR count). The van der Waals surface area contributed by atoms with Crippen LogP contribution in [0, 0.1) is 5.82 Å². The highest BCUT2D eigenvalue weighted by Crippen LogP contribution is 2.35. The summed E-state index contributed by atoms with van der Waals surface area (Å²) < 4.78 is 15.5. The van der Waals surface area contributed by atoms with Crippen LogP contribution in [0.15, 0.2) is 16.6 Å². The van der Waals surface area contributed by atoms with Gasteiger partial charge in [-0.3, -0.25) is 0 Å². The zero-order valence-electron chi connectivity index (χ0n) is 10.1. The molecule has 2 heterocycles. The van der Waals surface area contributed by atoms with Crippen molar-refractivity contribution in [2.75, 3.05) is 11.4 Å². The molecule has 1 aliphatic heterocycles. The van der Waals surface area contributed by atoms with Crippen molar-refractivity contribution in [2.45, 2.75) is 32.2 Å². The lowest BCUT2D eigenvalue weighted by atomic mass is 10.1. The van der Waals surface area contributed by atoms with Gasteiger partial charge in [0, 0.05) is 17.1 Å². The van der Waals surface area contributed by atoms with Gasteiger partial charge in [0.25, 0.3) is 0 Å². The fourth-order valence-corrected chi connectivity index (χ4v) is 4.18. The highest BCUT2D eigenvalue weighted by atomic mass is 79.9. The Morgan fingerprint density at radius 2 is 2.28 bits per heavy atom. The van der Waals surface area contributed by atoms with Gasteiger partial charge >= 0.3 is 0 Å². The minimum Gasteiger partial charge on any atom is -0.345 e. The first-order valence-corrected chi connectivity index (χ1v) is 7.78. The van der Waals surface area contributed by atoms with E-state index in [1.165, 1.54) is 25.3 Å². The highest BCUT2D eigenvalue weighted by molar-refractivity contribution is 9.10. The van der Waals surface area contributed by atoms with Crippen LogP contribution in [0.5, 0.6) is 0 Å². The van der Waals surface area contributed by atoms with Crippen LogP contribution in [-0.2, 0) is 0 Å². The molecular weight excluding hydrogens is 315 g/mol. The fourth-order valence-electron chi connectivity index (χ4n) is 2.45. The van der Waals surface area contributed by atoms with E-state index in [2.05, 4.69) is 32.7 Å². The van der Waals surface area contributed by atoms with Gasteiger partial charge in [0.1, 0.15) is 5.52 Å². The van der Waals surface area contributed by atoms with Crippen molar-refractivity contribution in [3.8, 4) is 0 Å². The maximum atomic E-state index is 13.8. The molecule has 1 atom stereocenters. The number of hydrogen-bond acceptors (Lipinski definition) is 3. The second-order valence-corrected chi connectivity index (χ2v) is 6.69.